The van der Waals surface area contributed by atoms with Crippen LogP contribution in [0.3, 0.4) is 0 Å². The second-order valence-electron chi connectivity index (χ2n) is 8.32. The molecular weight excluding hydrogens is 360 g/mol. The number of rotatable bonds is 7. The number of aliphatic hydroxyl groups is 1. The molecule has 0 amide bonds. The quantitative estimate of drug-likeness (QED) is 0.652. The molecule has 1 saturated carbocycles. The fourth-order valence-electron chi connectivity index (χ4n) is 5.56. The monoisotopic (exact) mass is 388 g/mol. The standard InChI is InChI=1S/C26H28O3/c1-18(19-9-4-2-5-10-19)26-16-15-23(27)22(26)17-21(13-8-14-24(28)29)25(26)20-11-6-3-7-12-20/h2-7,9-12,22-23,27H,1,8,13-17H2,(H,28,29). The van der Waals surface area contributed by atoms with Crippen molar-refractivity contribution in [1.29, 1.82) is 0 Å². The molecule has 29 heavy (non-hydrogen) atoms. The van der Waals surface area contributed by atoms with Crippen molar-refractivity contribution in [3.8, 4) is 0 Å². The van der Waals surface area contributed by atoms with Gasteiger partial charge in [-0.25, -0.2) is 0 Å². The van der Waals surface area contributed by atoms with E-state index in [0.717, 1.165) is 36.8 Å². The van der Waals surface area contributed by atoms with Crippen LogP contribution in [0.25, 0.3) is 11.1 Å². The molecule has 0 heterocycles. The maximum Gasteiger partial charge on any atom is 0.303 e. The normalized spacial score (nSPS) is 25.8. The van der Waals surface area contributed by atoms with Crippen molar-refractivity contribution >= 4 is 17.1 Å². The molecule has 0 bridgehead atoms. The molecule has 0 saturated heterocycles. The van der Waals surface area contributed by atoms with Crippen molar-refractivity contribution < 1.29 is 15.0 Å². The van der Waals surface area contributed by atoms with Crippen LogP contribution in [0.2, 0.25) is 0 Å². The smallest absolute Gasteiger partial charge is 0.303 e. The van der Waals surface area contributed by atoms with Gasteiger partial charge in [-0.2, -0.15) is 0 Å². The first-order chi connectivity index (χ1) is 14.0. The maximum atomic E-state index is 11.1. The van der Waals surface area contributed by atoms with Gasteiger partial charge in [0.25, 0.3) is 0 Å². The number of fused-ring (bicyclic) bond motifs is 1. The maximum absolute atomic E-state index is 11.1. The van der Waals surface area contributed by atoms with E-state index in [1.165, 1.54) is 16.7 Å². The second-order valence-corrected chi connectivity index (χ2v) is 8.32. The molecule has 3 atom stereocenters. The zero-order chi connectivity index (χ0) is 20.4. The summed E-state index contributed by atoms with van der Waals surface area (Å²) in [5, 5.41) is 20.0. The number of carboxylic acids is 1. The van der Waals surface area contributed by atoms with Crippen LogP contribution in [0, 0.1) is 11.3 Å². The molecule has 0 spiro atoms. The Balaban J connectivity index is 1.83. The van der Waals surface area contributed by atoms with Gasteiger partial charge in [0.05, 0.1) is 6.10 Å². The molecule has 3 nitrogen and oxygen atoms in total. The Hall–Kier alpha value is -2.65. The Kier molecular flexibility index (Phi) is 5.42. The second kappa shape index (κ2) is 8.00. The van der Waals surface area contributed by atoms with E-state index in [4.69, 9.17) is 5.11 Å². The summed E-state index contributed by atoms with van der Waals surface area (Å²) >= 11 is 0. The van der Waals surface area contributed by atoms with E-state index in [2.05, 4.69) is 43.0 Å². The van der Waals surface area contributed by atoms with Gasteiger partial charge in [-0.1, -0.05) is 72.8 Å². The number of allylic oxidation sites excluding steroid dienone is 3. The third-order valence-corrected chi connectivity index (χ3v) is 6.79. The van der Waals surface area contributed by atoms with Gasteiger partial charge in [0.1, 0.15) is 0 Å². The fourth-order valence-corrected chi connectivity index (χ4v) is 5.56. The predicted octanol–water partition coefficient (Wildman–Crippen LogP) is 5.57. The Morgan fingerprint density at radius 3 is 2.38 bits per heavy atom. The van der Waals surface area contributed by atoms with Crippen molar-refractivity contribution in [3.63, 3.8) is 0 Å². The summed E-state index contributed by atoms with van der Waals surface area (Å²) in [6, 6.07) is 20.7. The van der Waals surface area contributed by atoms with Gasteiger partial charge in [-0.05, 0) is 54.4 Å². The SMILES string of the molecule is C=C(c1ccccc1)C12CCC(O)C1CC(CCCC(=O)O)=C2c1ccccc1. The topological polar surface area (TPSA) is 57.5 Å². The summed E-state index contributed by atoms with van der Waals surface area (Å²) in [7, 11) is 0. The van der Waals surface area contributed by atoms with E-state index in [-0.39, 0.29) is 23.9 Å². The number of carboxylic acid groups (broad SMARTS) is 1. The molecule has 3 unspecified atom stereocenters. The lowest BCUT2D eigenvalue weighted by Crippen LogP contribution is -2.29. The molecule has 1 fully saturated rings. The zero-order valence-corrected chi connectivity index (χ0v) is 16.7. The number of carbonyl (C=O) groups is 1. The van der Waals surface area contributed by atoms with Crippen LogP contribution >= 0.6 is 0 Å². The highest BCUT2D eigenvalue weighted by Crippen LogP contribution is 2.66. The van der Waals surface area contributed by atoms with Gasteiger partial charge in [0.2, 0.25) is 0 Å². The van der Waals surface area contributed by atoms with E-state index in [1.54, 1.807) is 0 Å². The van der Waals surface area contributed by atoms with Crippen LogP contribution in [0.4, 0.5) is 0 Å². The highest BCUT2D eigenvalue weighted by molar-refractivity contribution is 5.90. The van der Waals surface area contributed by atoms with Crippen LogP contribution in [0.5, 0.6) is 0 Å². The van der Waals surface area contributed by atoms with E-state index in [0.29, 0.717) is 6.42 Å². The number of benzene rings is 2. The number of hydrogen-bond acceptors (Lipinski definition) is 2. The van der Waals surface area contributed by atoms with Crippen LogP contribution in [-0.2, 0) is 4.79 Å². The number of hydrogen-bond donors (Lipinski definition) is 2. The molecule has 150 valence electrons. The first kappa shape index (κ1) is 19.7. The Morgan fingerprint density at radius 2 is 1.72 bits per heavy atom. The lowest BCUT2D eigenvalue weighted by atomic mass is 9.66. The minimum Gasteiger partial charge on any atom is -0.481 e. The molecule has 4 rings (SSSR count). The molecule has 2 aliphatic rings. The summed E-state index contributed by atoms with van der Waals surface area (Å²) in [4.78, 5) is 11.1. The summed E-state index contributed by atoms with van der Waals surface area (Å²) in [5.41, 5.74) is 5.64. The summed E-state index contributed by atoms with van der Waals surface area (Å²) in [6.07, 6.45) is 3.66. The van der Waals surface area contributed by atoms with Gasteiger partial charge in [-0.15, -0.1) is 0 Å². The minimum absolute atomic E-state index is 0.102. The van der Waals surface area contributed by atoms with Crippen LogP contribution in [0.15, 0.2) is 72.8 Å². The molecular formula is C26H28O3. The molecule has 2 aromatic carbocycles. The predicted molar refractivity (Wildman–Crippen MR) is 116 cm³/mol. The average Bonchev–Trinajstić information content (AvgIpc) is 3.23. The molecule has 0 aromatic heterocycles. The Morgan fingerprint density at radius 1 is 1.07 bits per heavy atom. The summed E-state index contributed by atoms with van der Waals surface area (Å²) in [5.74, 6) is -0.654. The first-order valence-electron chi connectivity index (χ1n) is 10.5. The van der Waals surface area contributed by atoms with Crippen LogP contribution in [0.1, 0.15) is 49.7 Å². The van der Waals surface area contributed by atoms with Crippen molar-refractivity contribution in [3.05, 3.63) is 83.9 Å². The Bertz CT molecular complexity index is 929. The van der Waals surface area contributed by atoms with Crippen LogP contribution < -0.4 is 0 Å². The molecule has 2 N–H and O–H groups in total. The largest absolute Gasteiger partial charge is 0.481 e. The van der Waals surface area contributed by atoms with Gasteiger partial charge >= 0.3 is 5.97 Å². The van der Waals surface area contributed by atoms with Gasteiger partial charge < -0.3 is 10.2 Å². The fraction of sp³-hybridized carbons (Fsp3) is 0.346. The van der Waals surface area contributed by atoms with Crippen molar-refractivity contribution in [2.24, 2.45) is 11.3 Å². The lowest BCUT2D eigenvalue weighted by Gasteiger charge is -2.37. The van der Waals surface area contributed by atoms with Gasteiger partial charge in [-0.3, -0.25) is 4.79 Å². The number of aliphatic carboxylic acids is 1. The molecule has 0 radical (unpaired) electrons. The summed E-state index contributed by atoms with van der Waals surface area (Å²) in [6.45, 7) is 4.55. The van der Waals surface area contributed by atoms with E-state index < -0.39 is 5.97 Å². The molecule has 2 aromatic rings. The third kappa shape index (κ3) is 3.44. The molecule has 2 aliphatic carbocycles. The first-order valence-corrected chi connectivity index (χ1v) is 10.5. The highest BCUT2D eigenvalue weighted by Gasteiger charge is 2.56. The highest BCUT2D eigenvalue weighted by atomic mass is 16.4. The van der Waals surface area contributed by atoms with Crippen molar-refractivity contribution in [1.82, 2.24) is 0 Å². The van der Waals surface area contributed by atoms with E-state index in [1.807, 2.05) is 24.3 Å². The third-order valence-electron chi connectivity index (χ3n) is 6.79. The molecule has 0 aliphatic heterocycles. The van der Waals surface area contributed by atoms with Crippen LogP contribution in [-0.4, -0.2) is 22.3 Å². The molecule has 3 heteroatoms. The average molecular weight is 389 g/mol. The van der Waals surface area contributed by atoms with Gasteiger partial charge in [0, 0.05) is 17.8 Å². The van der Waals surface area contributed by atoms with E-state index in [9.17, 15) is 9.90 Å². The number of aliphatic hydroxyl groups excluding tert-OH is 1. The Labute approximate surface area is 172 Å². The minimum atomic E-state index is -0.756. The van der Waals surface area contributed by atoms with E-state index >= 15 is 0 Å². The lowest BCUT2D eigenvalue weighted by molar-refractivity contribution is -0.137. The zero-order valence-electron chi connectivity index (χ0n) is 16.7. The van der Waals surface area contributed by atoms with Crippen molar-refractivity contribution in [2.75, 3.05) is 0 Å². The van der Waals surface area contributed by atoms with Crippen molar-refractivity contribution in [2.45, 2.75) is 44.6 Å². The van der Waals surface area contributed by atoms with Gasteiger partial charge in [0.15, 0.2) is 0 Å². The summed E-state index contributed by atoms with van der Waals surface area (Å²) < 4.78 is 0.